The van der Waals surface area contributed by atoms with Crippen molar-refractivity contribution in [2.24, 2.45) is 5.92 Å². The van der Waals surface area contributed by atoms with Crippen molar-refractivity contribution in [3.05, 3.63) is 43.0 Å². The molecule has 0 N–H and O–H groups in total. The number of thiazole rings is 1. The number of aromatic nitrogens is 3. The smallest absolute Gasteiger partial charge is 0.186 e. The van der Waals surface area contributed by atoms with Crippen LogP contribution in [0, 0.1) is 5.92 Å². The SMILES string of the molecule is c1cc(OCC2CCN(c3nc4cnccc4s3)C2)ccn1. The van der Waals surface area contributed by atoms with Crippen LogP contribution in [0.3, 0.4) is 0 Å². The standard InChI is InChI=1S/C16H16N4OS/c1-5-17-6-2-13(1)21-11-12-4-8-20(10-12)16-19-14-9-18-7-3-15(14)22-16/h1-3,5-7,9,12H,4,8,10-11H2. The predicted octanol–water partition coefficient (Wildman–Crippen LogP) is 2.99. The molecule has 22 heavy (non-hydrogen) atoms. The number of hydrogen-bond donors (Lipinski definition) is 0. The number of fused-ring (bicyclic) bond motifs is 1. The summed E-state index contributed by atoms with van der Waals surface area (Å²) in [6, 6.07) is 5.82. The maximum absolute atomic E-state index is 5.84. The number of hydrogen-bond acceptors (Lipinski definition) is 6. The third kappa shape index (κ3) is 2.74. The molecule has 0 radical (unpaired) electrons. The monoisotopic (exact) mass is 312 g/mol. The fraction of sp³-hybridized carbons (Fsp3) is 0.312. The van der Waals surface area contributed by atoms with Crippen LogP contribution in [0.25, 0.3) is 10.2 Å². The average molecular weight is 312 g/mol. The summed E-state index contributed by atoms with van der Waals surface area (Å²) in [7, 11) is 0. The molecule has 4 rings (SSSR count). The number of anilines is 1. The third-order valence-corrected chi connectivity index (χ3v) is 4.97. The molecule has 1 saturated heterocycles. The van der Waals surface area contributed by atoms with Gasteiger partial charge in [0.05, 0.1) is 17.5 Å². The van der Waals surface area contributed by atoms with E-state index in [0.717, 1.165) is 42.5 Å². The molecule has 0 spiro atoms. The number of nitrogens with zero attached hydrogens (tertiary/aromatic N) is 4. The van der Waals surface area contributed by atoms with E-state index in [9.17, 15) is 0 Å². The molecule has 1 unspecified atom stereocenters. The lowest BCUT2D eigenvalue weighted by atomic mass is 10.1. The quantitative estimate of drug-likeness (QED) is 0.741. The van der Waals surface area contributed by atoms with Crippen LogP contribution in [0.2, 0.25) is 0 Å². The highest BCUT2D eigenvalue weighted by Crippen LogP contribution is 2.31. The maximum Gasteiger partial charge on any atom is 0.186 e. The maximum atomic E-state index is 5.84. The molecule has 0 aliphatic carbocycles. The van der Waals surface area contributed by atoms with Crippen LogP contribution >= 0.6 is 11.3 Å². The van der Waals surface area contributed by atoms with E-state index in [1.807, 2.05) is 30.6 Å². The summed E-state index contributed by atoms with van der Waals surface area (Å²) in [5, 5.41) is 1.09. The molecule has 4 heterocycles. The number of ether oxygens (including phenoxy) is 1. The van der Waals surface area contributed by atoms with Gasteiger partial charge in [0.2, 0.25) is 0 Å². The molecule has 5 nitrogen and oxygen atoms in total. The van der Waals surface area contributed by atoms with Crippen LogP contribution in [0.15, 0.2) is 43.0 Å². The highest BCUT2D eigenvalue weighted by atomic mass is 32.1. The normalized spacial score (nSPS) is 18.0. The van der Waals surface area contributed by atoms with Gasteiger partial charge in [-0.2, -0.15) is 0 Å². The van der Waals surface area contributed by atoms with Crippen LogP contribution in [0.5, 0.6) is 5.75 Å². The molecule has 0 bridgehead atoms. The second kappa shape index (κ2) is 5.88. The van der Waals surface area contributed by atoms with E-state index in [0.29, 0.717) is 5.92 Å². The molecule has 3 aromatic heterocycles. The van der Waals surface area contributed by atoms with Gasteiger partial charge in [0.25, 0.3) is 0 Å². The van der Waals surface area contributed by atoms with Crippen molar-refractivity contribution in [3.8, 4) is 5.75 Å². The van der Waals surface area contributed by atoms with Crippen LogP contribution in [0.1, 0.15) is 6.42 Å². The Balaban J connectivity index is 1.39. The Morgan fingerprint density at radius 2 is 2.05 bits per heavy atom. The van der Waals surface area contributed by atoms with Gasteiger partial charge in [0.15, 0.2) is 5.13 Å². The van der Waals surface area contributed by atoms with Crippen LogP contribution in [-0.4, -0.2) is 34.6 Å². The Kier molecular flexibility index (Phi) is 3.60. The van der Waals surface area contributed by atoms with E-state index < -0.39 is 0 Å². The third-order valence-electron chi connectivity index (χ3n) is 3.87. The topological polar surface area (TPSA) is 51.1 Å². The highest BCUT2D eigenvalue weighted by molar-refractivity contribution is 7.22. The zero-order valence-corrected chi connectivity index (χ0v) is 12.9. The summed E-state index contributed by atoms with van der Waals surface area (Å²) >= 11 is 1.74. The fourth-order valence-corrected chi connectivity index (χ4v) is 3.66. The molecule has 0 saturated carbocycles. The minimum Gasteiger partial charge on any atom is -0.493 e. The second-order valence-electron chi connectivity index (χ2n) is 5.43. The van der Waals surface area contributed by atoms with Crippen molar-refractivity contribution in [2.45, 2.75) is 6.42 Å². The molecule has 1 aliphatic heterocycles. The lowest BCUT2D eigenvalue weighted by Crippen LogP contribution is -2.21. The van der Waals surface area contributed by atoms with Crippen molar-refractivity contribution in [2.75, 3.05) is 24.6 Å². The molecule has 3 aromatic rings. The molecule has 1 aliphatic rings. The van der Waals surface area contributed by atoms with Gasteiger partial charge in [0.1, 0.15) is 11.3 Å². The Morgan fingerprint density at radius 3 is 2.91 bits per heavy atom. The van der Waals surface area contributed by atoms with Gasteiger partial charge in [-0.3, -0.25) is 9.97 Å². The minimum atomic E-state index is 0.540. The summed E-state index contributed by atoms with van der Waals surface area (Å²) in [6.45, 7) is 2.78. The Hall–Kier alpha value is -2.21. The first-order chi connectivity index (χ1) is 10.9. The first kappa shape index (κ1) is 13.5. The summed E-state index contributed by atoms with van der Waals surface area (Å²) in [5.74, 6) is 1.43. The summed E-state index contributed by atoms with van der Waals surface area (Å²) in [4.78, 5) is 15.2. The van der Waals surface area contributed by atoms with Gasteiger partial charge < -0.3 is 9.64 Å². The van der Waals surface area contributed by atoms with Crippen LogP contribution in [-0.2, 0) is 0 Å². The molecule has 1 atom stereocenters. The Bertz CT molecular complexity index is 728. The Labute approximate surface area is 132 Å². The predicted molar refractivity (Wildman–Crippen MR) is 87.5 cm³/mol. The van der Waals surface area contributed by atoms with Crippen LogP contribution < -0.4 is 9.64 Å². The largest absolute Gasteiger partial charge is 0.493 e. The highest BCUT2D eigenvalue weighted by Gasteiger charge is 2.25. The average Bonchev–Trinajstić information content (AvgIpc) is 3.20. The molecule has 112 valence electrons. The van der Waals surface area contributed by atoms with E-state index in [1.165, 1.54) is 4.70 Å². The van der Waals surface area contributed by atoms with Gasteiger partial charge in [-0.05, 0) is 24.6 Å². The molecule has 0 amide bonds. The first-order valence-corrected chi connectivity index (χ1v) is 8.18. The van der Waals surface area contributed by atoms with Crippen LogP contribution in [0.4, 0.5) is 5.13 Å². The summed E-state index contributed by atoms with van der Waals surface area (Å²) < 4.78 is 7.04. The van der Waals surface area contributed by atoms with Crippen molar-refractivity contribution in [1.29, 1.82) is 0 Å². The number of rotatable bonds is 4. The molecule has 6 heteroatoms. The fourth-order valence-electron chi connectivity index (χ4n) is 2.69. The number of pyridine rings is 2. The van der Waals surface area contributed by atoms with E-state index in [4.69, 9.17) is 4.74 Å². The first-order valence-electron chi connectivity index (χ1n) is 7.37. The van der Waals surface area contributed by atoms with E-state index in [-0.39, 0.29) is 0 Å². The zero-order chi connectivity index (χ0) is 14.8. The van der Waals surface area contributed by atoms with Crippen molar-refractivity contribution in [1.82, 2.24) is 15.0 Å². The summed E-state index contributed by atoms with van der Waals surface area (Å²) in [5.41, 5.74) is 0.985. The van der Waals surface area contributed by atoms with Crippen molar-refractivity contribution >= 4 is 26.7 Å². The van der Waals surface area contributed by atoms with Crippen molar-refractivity contribution < 1.29 is 4.74 Å². The van der Waals surface area contributed by atoms with E-state index in [1.54, 1.807) is 23.7 Å². The van der Waals surface area contributed by atoms with E-state index in [2.05, 4.69) is 19.9 Å². The molecule has 0 aromatic carbocycles. The van der Waals surface area contributed by atoms with Gasteiger partial charge in [-0.25, -0.2) is 4.98 Å². The lowest BCUT2D eigenvalue weighted by Gasteiger charge is -2.15. The minimum absolute atomic E-state index is 0.540. The van der Waals surface area contributed by atoms with Gasteiger partial charge in [0, 0.05) is 37.6 Å². The Morgan fingerprint density at radius 1 is 1.18 bits per heavy atom. The molecular weight excluding hydrogens is 296 g/mol. The van der Waals surface area contributed by atoms with Gasteiger partial charge in [-0.15, -0.1) is 0 Å². The van der Waals surface area contributed by atoms with E-state index >= 15 is 0 Å². The van der Waals surface area contributed by atoms with Crippen molar-refractivity contribution in [3.63, 3.8) is 0 Å². The van der Waals surface area contributed by atoms with Gasteiger partial charge >= 0.3 is 0 Å². The van der Waals surface area contributed by atoms with Gasteiger partial charge in [-0.1, -0.05) is 11.3 Å². The molecule has 1 fully saturated rings. The second-order valence-corrected chi connectivity index (χ2v) is 6.44. The zero-order valence-electron chi connectivity index (χ0n) is 12.1. The lowest BCUT2D eigenvalue weighted by molar-refractivity contribution is 0.261. The summed E-state index contributed by atoms with van der Waals surface area (Å²) in [6.07, 6.45) is 8.30. The molecular formula is C16H16N4OS.